The SMILES string of the molecule is CCCn1nc(C)c([N+](=O)[O-])c1N1CCCC(C(C)=O)C1. The van der Waals surface area contributed by atoms with Gasteiger partial charge in [-0.25, -0.2) is 4.68 Å². The lowest BCUT2D eigenvalue weighted by atomic mass is 9.94. The van der Waals surface area contributed by atoms with Crippen LogP contribution in [0, 0.1) is 23.0 Å². The lowest BCUT2D eigenvalue weighted by molar-refractivity contribution is -0.384. The van der Waals surface area contributed by atoms with Crippen molar-refractivity contribution in [2.75, 3.05) is 18.0 Å². The summed E-state index contributed by atoms with van der Waals surface area (Å²) in [5.74, 6) is 0.676. The summed E-state index contributed by atoms with van der Waals surface area (Å²) in [6.45, 7) is 7.20. The van der Waals surface area contributed by atoms with Gasteiger partial charge in [-0.3, -0.25) is 14.9 Å². The summed E-state index contributed by atoms with van der Waals surface area (Å²) in [6.07, 6.45) is 2.59. The molecule has 21 heavy (non-hydrogen) atoms. The molecule has 0 saturated carbocycles. The van der Waals surface area contributed by atoms with Crippen molar-refractivity contribution in [3.63, 3.8) is 0 Å². The fraction of sp³-hybridized carbons (Fsp3) is 0.714. The number of hydrogen-bond acceptors (Lipinski definition) is 5. The van der Waals surface area contributed by atoms with E-state index in [1.807, 2.05) is 11.8 Å². The molecule has 0 radical (unpaired) electrons. The molecule has 1 aromatic heterocycles. The first-order valence-electron chi connectivity index (χ1n) is 7.42. The first-order chi connectivity index (χ1) is 9.95. The molecule has 1 aliphatic heterocycles. The highest BCUT2D eigenvalue weighted by atomic mass is 16.6. The van der Waals surface area contributed by atoms with Gasteiger partial charge >= 0.3 is 5.69 Å². The Morgan fingerprint density at radius 2 is 2.24 bits per heavy atom. The topological polar surface area (TPSA) is 81.3 Å². The minimum Gasteiger partial charge on any atom is -0.350 e. The molecule has 1 aliphatic rings. The van der Waals surface area contributed by atoms with Crippen LogP contribution in [0.4, 0.5) is 11.5 Å². The molecule has 0 N–H and O–H groups in total. The zero-order chi connectivity index (χ0) is 15.6. The standard InChI is InChI=1S/C14H22N4O3/c1-4-7-17-14(13(18(20)21)10(2)15-17)16-8-5-6-12(9-16)11(3)19/h12H,4-9H2,1-3H3. The van der Waals surface area contributed by atoms with Crippen LogP contribution >= 0.6 is 0 Å². The second kappa shape index (κ2) is 6.24. The maximum absolute atomic E-state index is 11.6. The normalized spacial score (nSPS) is 18.8. The molecule has 1 saturated heterocycles. The van der Waals surface area contributed by atoms with E-state index >= 15 is 0 Å². The van der Waals surface area contributed by atoms with Crippen molar-refractivity contribution in [1.82, 2.24) is 9.78 Å². The number of carbonyl (C=O) groups excluding carboxylic acids is 1. The number of piperidine rings is 1. The van der Waals surface area contributed by atoms with Gasteiger partial charge < -0.3 is 4.90 Å². The van der Waals surface area contributed by atoms with Crippen LogP contribution in [0.3, 0.4) is 0 Å². The predicted molar refractivity (Wildman–Crippen MR) is 79.5 cm³/mol. The van der Waals surface area contributed by atoms with Gasteiger partial charge in [-0.15, -0.1) is 0 Å². The molecule has 7 nitrogen and oxygen atoms in total. The summed E-state index contributed by atoms with van der Waals surface area (Å²) in [5, 5.41) is 15.7. The monoisotopic (exact) mass is 294 g/mol. The van der Waals surface area contributed by atoms with Gasteiger partial charge in [0.1, 0.15) is 11.5 Å². The highest BCUT2D eigenvalue weighted by Crippen LogP contribution is 2.34. The van der Waals surface area contributed by atoms with E-state index in [2.05, 4.69) is 5.10 Å². The highest BCUT2D eigenvalue weighted by Gasteiger charge is 2.33. The van der Waals surface area contributed by atoms with Gasteiger partial charge in [0.2, 0.25) is 5.82 Å². The number of anilines is 1. The molecule has 1 unspecified atom stereocenters. The first-order valence-corrected chi connectivity index (χ1v) is 7.42. The van der Waals surface area contributed by atoms with E-state index in [-0.39, 0.29) is 22.3 Å². The Morgan fingerprint density at radius 3 is 2.81 bits per heavy atom. The summed E-state index contributed by atoms with van der Waals surface area (Å²) in [5.41, 5.74) is 0.515. The molecular formula is C14H22N4O3. The summed E-state index contributed by atoms with van der Waals surface area (Å²) in [7, 11) is 0. The van der Waals surface area contributed by atoms with Crippen LogP contribution in [-0.2, 0) is 11.3 Å². The Labute approximate surface area is 124 Å². The largest absolute Gasteiger partial charge is 0.350 e. The molecule has 0 aromatic carbocycles. The Morgan fingerprint density at radius 1 is 1.52 bits per heavy atom. The van der Waals surface area contributed by atoms with Gasteiger partial charge in [0.25, 0.3) is 0 Å². The van der Waals surface area contributed by atoms with Crippen LogP contribution < -0.4 is 4.90 Å². The molecule has 1 fully saturated rings. The van der Waals surface area contributed by atoms with E-state index in [0.717, 1.165) is 25.8 Å². The molecule has 116 valence electrons. The molecule has 0 aliphatic carbocycles. The molecule has 2 rings (SSSR count). The highest BCUT2D eigenvalue weighted by molar-refractivity contribution is 5.79. The van der Waals surface area contributed by atoms with Crippen LogP contribution in [0.25, 0.3) is 0 Å². The molecule has 0 bridgehead atoms. The Balaban J connectivity index is 2.40. The Bertz CT molecular complexity index is 553. The van der Waals surface area contributed by atoms with Crippen LogP contribution in [0.5, 0.6) is 0 Å². The average Bonchev–Trinajstić information content (AvgIpc) is 2.76. The predicted octanol–water partition coefficient (Wildman–Crippen LogP) is 2.32. The molecule has 1 atom stereocenters. The average molecular weight is 294 g/mol. The van der Waals surface area contributed by atoms with E-state index in [4.69, 9.17) is 0 Å². The van der Waals surface area contributed by atoms with Crippen molar-refractivity contribution >= 4 is 17.3 Å². The molecule has 1 aromatic rings. The van der Waals surface area contributed by atoms with E-state index in [1.54, 1.807) is 18.5 Å². The van der Waals surface area contributed by atoms with E-state index < -0.39 is 0 Å². The number of aryl methyl sites for hydroxylation is 2. The Hall–Kier alpha value is -1.92. The van der Waals surface area contributed by atoms with E-state index in [1.165, 1.54) is 0 Å². The molecular weight excluding hydrogens is 272 g/mol. The van der Waals surface area contributed by atoms with Gasteiger partial charge in [-0.2, -0.15) is 5.10 Å². The summed E-state index contributed by atoms with van der Waals surface area (Å²) in [4.78, 5) is 24.6. The minimum absolute atomic E-state index is 0.0383. The lowest BCUT2D eigenvalue weighted by Gasteiger charge is -2.32. The fourth-order valence-corrected chi connectivity index (χ4v) is 2.96. The van der Waals surface area contributed by atoms with Crippen LogP contribution in [0.15, 0.2) is 0 Å². The molecule has 0 spiro atoms. The zero-order valence-corrected chi connectivity index (χ0v) is 12.8. The van der Waals surface area contributed by atoms with Crippen molar-refractivity contribution < 1.29 is 9.72 Å². The van der Waals surface area contributed by atoms with Gasteiger partial charge in [0, 0.05) is 25.6 Å². The minimum atomic E-state index is -0.360. The number of Topliss-reactive ketones (excluding diaryl/α,β-unsaturated/α-hetero) is 1. The number of aromatic nitrogens is 2. The van der Waals surface area contributed by atoms with Crippen molar-refractivity contribution in [3.8, 4) is 0 Å². The zero-order valence-electron chi connectivity index (χ0n) is 12.8. The fourth-order valence-electron chi connectivity index (χ4n) is 2.96. The third kappa shape index (κ3) is 3.06. The van der Waals surface area contributed by atoms with Gasteiger partial charge in [-0.05, 0) is 33.1 Å². The smallest absolute Gasteiger partial charge is 0.333 e. The number of nitrogens with zero attached hydrogens (tertiary/aromatic N) is 4. The van der Waals surface area contributed by atoms with Gasteiger partial charge in [0.05, 0.1) is 4.92 Å². The molecule has 0 amide bonds. The van der Waals surface area contributed by atoms with Crippen molar-refractivity contribution in [2.24, 2.45) is 5.92 Å². The third-order valence-electron chi connectivity index (χ3n) is 3.98. The van der Waals surface area contributed by atoms with E-state index in [0.29, 0.717) is 24.6 Å². The lowest BCUT2D eigenvalue weighted by Crippen LogP contribution is -2.39. The van der Waals surface area contributed by atoms with Gasteiger partial charge in [-0.1, -0.05) is 6.92 Å². The van der Waals surface area contributed by atoms with Crippen molar-refractivity contribution in [3.05, 3.63) is 15.8 Å². The number of ketones is 1. The Kier molecular flexibility index (Phi) is 4.59. The van der Waals surface area contributed by atoms with E-state index in [9.17, 15) is 14.9 Å². The summed E-state index contributed by atoms with van der Waals surface area (Å²) < 4.78 is 1.72. The summed E-state index contributed by atoms with van der Waals surface area (Å²) in [6, 6.07) is 0. The molecule has 7 heteroatoms. The maximum Gasteiger partial charge on any atom is 0.333 e. The van der Waals surface area contributed by atoms with Crippen LogP contribution in [0.1, 0.15) is 38.8 Å². The third-order valence-corrected chi connectivity index (χ3v) is 3.98. The number of nitro groups is 1. The quantitative estimate of drug-likeness (QED) is 0.615. The molecule has 2 heterocycles. The number of rotatable bonds is 5. The summed E-state index contributed by atoms with van der Waals surface area (Å²) >= 11 is 0. The van der Waals surface area contributed by atoms with Crippen molar-refractivity contribution in [2.45, 2.75) is 46.6 Å². The second-order valence-electron chi connectivity index (χ2n) is 5.63. The first kappa shape index (κ1) is 15.5. The van der Waals surface area contributed by atoms with Crippen LogP contribution in [-0.4, -0.2) is 33.6 Å². The number of carbonyl (C=O) groups is 1. The van der Waals surface area contributed by atoms with Gasteiger partial charge in [0.15, 0.2) is 0 Å². The van der Waals surface area contributed by atoms with Crippen molar-refractivity contribution in [1.29, 1.82) is 0 Å². The number of hydrogen-bond donors (Lipinski definition) is 0. The second-order valence-corrected chi connectivity index (χ2v) is 5.63. The van der Waals surface area contributed by atoms with Crippen LogP contribution in [0.2, 0.25) is 0 Å². The maximum atomic E-state index is 11.6.